The van der Waals surface area contributed by atoms with E-state index < -0.39 is 0 Å². The number of hydrogen-bond acceptors (Lipinski definition) is 5. The number of aromatic nitrogens is 2. The maximum Gasteiger partial charge on any atom is 0.276 e. The van der Waals surface area contributed by atoms with E-state index >= 15 is 0 Å². The molecule has 0 spiro atoms. The van der Waals surface area contributed by atoms with E-state index in [0.29, 0.717) is 17.7 Å². The zero-order valence-electron chi connectivity index (χ0n) is 15.9. The van der Waals surface area contributed by atoms with Gasteiger partial charge in [-0.25, -0.2) is 0 Å². The molecule has 0 N–H and O–H groups in total. The molecule has 2 aromatic heterocycles. The Hall–Kier alpha value is -2.21. The molecule has 2 fully saturated rings. The summed E-state index contributed by atoms with van der Waals surface area (Å²) in [6.07, 6.45) is 5.24. The van der Waals surface area contributed by atoms with Crippen molar-refractivity contribution in [1.29, 1.82) is 0 Å². The van der Waals surface area contributed by atoms with E-state index in [9.17, 15) is 4.79 Å². The van der Waals surface area contributed by atoms with Gasteiger partial charge in [-0.15, -0.1) is 0 Å². The molecule has 5 rings (SSSR count). The number of amides is 1. The van der Waals surface area contributed by atoms with Crippen LogP contribution in [-0.4, -0.2) is 51.5 Å². The molecule has 1 aliphatic carbocycles. The molecular weight excluding hydrogens is 340 g/mol. The van der Waals surface area contributed by atoms with E-state index in [1.165, 1.54) is 0 Å². The number of aryl methyl sites for hydroxylation is 2. The highest BCUT2D eigenvalue weighted by molar-refractivity contribution is 5.94. The molecule has 6 heteroatoms. The van der Waals surface area contributed by atoms with Crippen molar-refractivity contribution in [2.75, 3.05) is 19.6 Å². The Bertz CT molecular complexity index is 862. The molecule has 27 heavy (non-hydrogen) atoms. The Morgan fingerprint density at radius 3 is 3.04 bits per heavy atom. The number of rotatable bonds is 3. The van der Waals surface area contributed by atoms with Crippen LogP contribution in [0.2, 0.25) is 0 Å². The first-order valence-electron chi connectivity index (χ1n) is 10.1. The lowest BCUT2D eigenvalue weighted by molar-refractivity contribution is 0.0759. The van der Waals surface area contributed by atoms with Crippen molar-refractivity contribution in [3.63, 3.8) is 0 Å². The van der Waals surface area contributed by atoms with Gasteiger partial charge < -0.3 is 9.42 Å². The summed E-state index contributed by atoms with van der Waals surface area (Å²) in [6, 6.07) is 6.63. The number of pyridine rings is 1. The van der Waals surface area contributed by atoms with Crippen molar-refractivity contribution < 1.29 is 9.32 Å². The van der Waals surface area contributed by atoms with Crippen molar-refractivity contribution in [3.05, 3.63) is 46.6 Å². The summed E-state index contributed by atoms with van der Waals surface area (Å²) < 4.78 is 5.46. The molecule has 142 valence electrons. The second-order valence-electron chi connectivity index (χ2n) is 8.21. The third-order valence-electron chi connectivity index (χ3n) is 6.41. The van der Waals surface area contributed by atoms with Crippen LogP contribution in [0.4, 0.5) is 0 Å². The van der Waals surface area contributed by atoms with Crippen LogP contribution in [0.25, 0.3) is 0 Å². The van der Waals surface area contributed by atoms with E-state index in [0.717, 1.165) is 81.0 Å². The predicted octanol–water partition coefficient (Wildman–Crippen LogP) is 2.60. The normalized spacial score (nSPS) is 24.9. The largest absolute Gasteiger partial charge is 0.360 e. The molecular formula is C21H26N4O2. The Kier molecular flexibility index (Phi) is 4.23. The average molecular weight is 366 g/mol. The van der Waals surface area contributed by atoms with Crippen LogP contribution in [0, 0.1) is 12.8 Å². The quantitative estimate of drug-likeness (QED) is 0.836. The van der Waals surface area contributed by atoms with Crippen LogP contribution in [-0.2, 0) is 19.4 Å². The smallest absolute Gasteiger partial charge is 0.276 e. The molecule has 3 aliphatic rings. The molecule has 1 amide bonds. The fourth-order valence-electron chi connectivity index (χ4n) is 5.01. The van der Waals surface area contributed by atoms with Crippen LogP contribution >= 0.6 is 0 Å². The summed E-state index contributed by atoms with van der Waals surface area (Å²) in [5, 5.41) is 4.14. The molecule has 2 aromatic rings. The highest BCUT2D eigenvalue weighted by Gasteiger charge is 2.43. The summed E-state index contributed by atoms with van der Waals surface area (Å²) in [7, 11) is 0. The third kappa shape index (κ3) is 3.06. The van der Waals surface area contributed by atoms with Gasteiger partial charge in [-0.1, -0.05) is 11.2 Å². The maximum absolute atomic E-state index is 13.1. The summed E-state index contributed by atoms with van der Waals surface area (Å²) in [6.45, 7) is 5.61. The Morgan fingerprint density at radius 1 is 1.26 bits per heavy atom. The summed E-state index contributed by atoms with van der Waals surface area (Å²) >= 11 is 0. The second kappa shape index (κ2) is 6.75. The zero-order chi connectivity index (χ0) is 18.4. The van der Waals surface area contributed by atoms with Crippen LogP contribution < -0.4 is 0 Å². The summed E-state index contributed by atoms with van der Waals surface area (Å²) in [4.78, 5) is 22.2. The second-order valence-corrected chi connectivity index (χ2v) is 8.21. The lowest BCUT2D eigenvalue weighted by Gasteiger charge is -2.24. The number of fused-ring (bicyclic) bond motifs is 2. The van der Waals surface area contributed by atoms with Gasteiger partial charge in [0.2, 0.25) is 0 Å². The molecule has 0 unspecified atom stereocenters. The van der Waals surface area contributed by atoms with Crippen LogP contribution in [0.3, 0.4) is 0 Å². The predicted molar refractivity (Wildman–Crippen MR) is 100 cm³/mol. The average Bonchev–Trinajstić information content (AvgIpc) is 3.36. The highest BCUT2D eigenvalue weighted by atomic mass is 16.5. The summed E-state index contributed by atoms with van der Waals surface area (Å²) in [5.74, 6) is 1.54. The zero-order valence-corrected chi connectivity index (χ0v) is 15.9. The van der Waals surface area contributed by atoms with Crippen molar-refractivity contribution in [2.45, 2.75) is 51.6 Å². The molecule has 0 bridgehead atoms. The molecule has 0 radical (unpaired) electrons. The van der Waals surface area contributed by atoms with Gasteiger partial charge in [-0.05, 0) is 57.2 Å². The third-order valence-corrected chi connectivity index (χ3v) is 6.41. The highest BCUT2D eigenvalue weighted by Crippen LogP contribution is 2.34. The summed E-state index contributed by atoms with van der Waals surface area (Å²) in [5.41, 5.74) is 3.80. The number of carbonyl (C=O) groups is 1. The lowest BCUT2D eigenvalue weighted by Crippen LogP contribution is -2.37. The molecule has 2 saturated heterocycles. The van der Waals surface area contributed by atoms with Crippen LogP contribution in [0.5, 0.6) is 0 Å². The van der Waals surface area contributed by atoms with Gasteiger partial charge in [0, 0.05) is 43.4 Å². The van der Waals surface area contributed by atoms with Gasteiger partial charge in [0.15, 0.2) is 5.69 Å². The van der Waals surface area contributed by atoms with Crippen molar-refractivity contribution in [2.24, 2.45) is 5.92 Å². The first-order valence-corrected chi connectivity index (χ1v) is 10.1. The monoisotopic (exact) mass is 366 g/mol. The molecule has 0 aromatic carbocycles. The molecule has 4 heterocycles. The Balaban J connectivity index is 1.29. The fourth-order valence-corrected chi connectivity index (χ4v) is 5.01. The van der Waals surface area contributed by atoms with Gasteiger partial charge >= 0.3 is 0 Å². The fraction of sp³-hybridized carbons (Fsp3) is 0.571. The maximum atomic E-state index is 13.1. The van der Waals surface area contributed by atoms with E-state index in [2.05, 4.69) is 27.2 Å². The molecule has 2 atom stereocenters. The van der Waals surface area contributed by atoms with Gasteiger partial charge in [-0.3, -0.25) is 14.7 Å². The molecule has 0 saturated carbocycles. The van der Waals surface area contributed by atoms with Gasteiger partial charge in [-0.2, -0.15) is 0 Å². The number of nitrogens with zero attached hydrogens (tertiary/aromatic N) is 4. The van der Waals surface area contributed by atoms with Crippen molar-refractivity contribution in [1.82, 2.24) is 19.9 Å². The minimum absolute atomic E-state index is 0.0601. The van der Waals surface area contributed by atoms with Gasteiger partial charge in [0.1, 0.15) is 5.76 Å². The van der Waals surface area contributed by atoms with Crippen molar-refractivity contribution in [3.8, 4) is 0 Å². The number of hydrogen-bond donors (Lipinski definition) is 0. The van der Waals surface area contributed by atoms with Gasteiger partial charge in [0.05, 0.1) is 5.69 Å². The van der Waals surface area contributed by atoms with Crippen LogP contribution in [0.15, 0.2) is 22.7 Å². The first-order chi connectivity index (χ1) is 13.2. The number of likely N-dealkylation sites (tertiary alicyclic amines) is 2. The topological polar surface area (TPSA) is 62.5 Å². The van der Waals surface area contributed by atoms with Crippen molar-refractivity contribution >= 4 is 5.91 Å². The Labute approximate surface area is 159 Å². The first kappa shape index (κ1) is 16.9. The Morgan fingerprint density at radius 2 is 2.15 bits per heavy atom. The van der Waals surface area contributed by atoms with E-state index in [-0.39, 0.29) is 5.91 Å². The number of carbonyl (C=O) groups excluding carboxylic acids is 1. The van der Waals surface area contributed by atoms with E-state index in [1.54, 1.807) is 0 Å². The minimum Gasteiger partial charge on any atom is -0.360 e. The standard InChI is InChI=1S/C21H26N4O2/c1-14-5-4-6-16(22-14)12-24-10-9-15-11-25(13-18(15)24)21(26)20-17-7-2-3-8-19(17)27-23-20/h4-6,15,18H,2-3,7-13H2,1H3/t15-,18+/m0/s1. The molecule has 6 nitrogen and oxygen atoms in total. The van der Waals surface area contributed by atoms with Gasteiger partial charge in [0.25, 0.3) is 5.91 Å². The lowest BCUT2D eigenvalue weighted by atomic mass is 9.96. The van der Waals surface area contributed by atoms with E-state index in [4.69, 9.17) is 4.52 Å². The van der Waals surface area contributed by atoms with Crippen LogP contribution in [0.1, 0.15) is 52.5 Å². The van der Waals surface area contributed by atoms with E-state index in [1.807, 2.05) is 17.9 Å². The molecule has 2 aliphatic heterocycles. The minimum atomic E-state index is 0.0601. The SMILES string of the molecule is Cc1cccc(CN2CC[C@H]3CN(C(=O)c4noc5c4CCCC5)C[C@H]32)n1.